The molecule has 2 rings (SSSR count). The third-order valence-electron chi connectivity index (χ3n) is 4.45. The number of nitrogens with zero attached hydrogens (tertiary/aromatic N) is 1. The number of carbonyl (C=O) groups is 3. The van der Waals surface area contributed by atoms with E-state index in [4.69, 9.17) is 16.7 Å². The fourth-order valence-electron chi connectivity index (χ4n) is 2.68. The Kier molecular flexibility index (Phi) is 6.06. The number of carboxylic acids is 1. The van der Waals surface area contributed by atoms with Crippen molar-refractivity contribution >= 4 is 29.4 Å². The van der Waals surface area contributed by atoms with Crippen LogP contribution in [0.3, 0.4) is 0 Å². The van der Waals surface area contributed by atoms with Crippen LogP contribution in [0, 0.1) is 11.3 Å². The second kappa shape index (κ2) is 7.87. The predicted octanol–water partition coefficient (Wildman–Crippen LogP) is 2.42. The van der Waals surface area contributed by atoms with Gasteiger partial charge in [-0.15, -0.1) is 0 Å². The van der Waals surface area contributed by atoms with E-state index in [1.807, 2.05) is 0 Å². The topological polar surface area (TPSA) is 86.7 Å². The second-order valence-corrected chi connectivity index (χ2v) is 7.44. The normalized spacial score (nSPS) is 17.9. The van der Waals surface area contributed by atoms with Crippen LogP contribution >= 0.6 is 11.6 Å². The summed E-state index contributed by atoms with van der Waals surface area (Å²) in [6.07, 6.45) is 1.42. The Morgan fingerprint density at radius 2 is 1.92 bits per heavy atom. The van der Waals surface area contributed by atoms with Gasteiger partial charge in [0.1, 0.15) is 0 Å². The van der Waals surface area contributed by atoms with Crippen LogP contribution in [0.4, 0.5) is 0 Å². The molecule has 1 atom stereocenters. The van der Waals surface area contributed by atoms with Crippen molar-refractivity contribution in [2.45, 2.75) is 26.7 Å². The van der Waals surface area contributed by atoms with E-state index in [1.165, 1.54) is 0 Å². The van der Waals surface area contributed by atoms with Crippen molar-refractivity contribution in [2.75, 3.05) is 19.6 Å². The van der Waals surface area contributed by atoms with Gasteiger partial charge in [-0.1, -0.05) is 11.6 Å². The van der Waals surface area contributed by atoms with Gasteiger partial charge in [-0.2, -0.15) is 0 Å². The Morgan fingerprint density at radius 1 is 1.28 bits per heavy atom. The number of carbonyl (C=O) groups excluding carboxylic acids is 2. The van der Waals surface area contributed by atoms with Gasteiger partial charge in [-0.05, 0) is 51.0 Å². The molecule has 1 unspecified atom stereocenters. The molecule has 1 aliphatic rings. The smallest absolute Gasteiger partial charge is 0.310 e. The summed E-state index contributed by atoms with van der Waals surface area (Å²) >= 11 is 5.84. The molecule has 2 N–H and O–H groups in total. The van der Waals surface area contributed by atoms with Crippen LogP contribution in [-0.4, -0.2) is 47.4 Å². The van der Waals surface area contributed by atoms with Crippen molar-refractivity contribution < 1.29 is 19.5 Å². The molecular weight excluding hydrogens is 344 g/mol. The van der Waals surface area contributed by atoms with E-state index >= 15 is 0 Å². The summed E-state index contributed by atoms with van der Waals surface area (Å²) in [7, 11) is 0. The molecule has 1 heterocycles. The monoisotopic (exact) mass is 366 g/mol. The first-order valence-corrected chi connectivity index (χ1v) is 8.64. The van der Waals surface area contributed by atoms with Gasteiger partial charge in [0.2, 0.25) is 5.91 Å². The van der Waals surface area contributed by atoms with E-state index in [0.29, 0.717) is 30.1 Å². The van der Waals surface area contributed by atoms with Crippen LogP contribution in [-0.2, 0) is 9.59 Å². The predicted molar refractivity (Wildman–Crippen MR) is 94.5 cm³/mol. The Labute approximate surface area is 152 Å². The molecule has 1 aromatic rings. The van der Waals surface area contributed by atoms with E-state index in [2.05, 4.69) is 5.32 Å². The molecule has 0 aromatic heterocycles. The summed E-state index contributed by atoms with van der Waals surface area (Å²) in [5, 5.41) is 12.4. The number of benzene rings is 1. The van der Waals surface area contributed by atoms with Gasteiger partial charge in [0.15, 0.2) is 0 Å². The number of rotatable bonds is 5. The third-order valence-corrected chi connectivity index (χ3v) is 4.71. The standard InChI is InChI=1S/C18H23ClN2O4/c1-18(2,17(24)25)11-20-15(22)13-4-3-9-21(10-13)16(23)12-5-7-14(19)8-6-12/h5-8,13H,3-4,9-11H2,1-2H3,(H,20,22)(H,24,25). The van der Waals surface area contributed by atoms with Crippen molar-refractivity contribution in [1.82, 2.24) is 10.2 Å². The van der Waals surface area contributed by atoms with E-state index in [1.54, 1.807) is 43.0 Å². The summed E-state index contributed by atoms with van der Waals surface area (Å²) in [5.74, 6) is -1.62. The molecule has 0 bridgehead atoms. The average molecular weight is 367 g/mol. The molecule has 6 nitrogen and oxygen atoms in total. The lowest BCUT2D eigenvalue weighted by molar-refractivity contribution is -0.146. The van der Waals surface area contributed by atoms with Gasteiger partial charge in [0, 0.05) is 30.2 Å². The molecule has 0 saturated carbocycles. The highest BCUT2D eigenvalue weighted by Crippen LogP contribution is 2.21. The van der Waals surface area contributed by atoms with Crippen molar-refractivity contribution in [1.29, 1.82) is 0 Å². The van der Waals surface area contributed by atoms with E-state index in [-0.39, 0.29) is 24.3 Å². The fourth-order valence-corrected chi connectivity index (χ4v) is 2.80. The zero-order chi connectivity index (χ0) is 18.6. The highest BCUT2D eigenvalue weighted by Gasteiger charge is 2.32. The Morgan fingerprint density at radius 3 is 2.52 bits per heavy atom. The molecule has 0 radical (unpaired) electrons. The van der Waals surface area contributed by atoms with Gasteiger partial charge in [-0.3, -0.25) is 14.4 Å². The molecule has 1 aromatic carbocycles. The first-order valence-electron chi connectivity index (χ1n) is 8.26. The van der Waals surface area contributed by atoms with Crippen LogP contribution < -0.4 is 5.32 Å². The van der Waals surface area contributed by atoms with Gasteiger partial charge < -0.3 is 15.3 Å². The molecule has 0 spiro atoms. The van der Waals surface area contributed by atoms with Gasteiger partial charge in [0.25, 0.3) is 5.91 Å². The fraction of sp³-hybridized carbons (Fsp3) is 0.500. The highest BCUT2D eigenvalue weighted by atomic mass is 35.5. The zero-order valence-electron chi connectivity index (χ0n) is 14.4. The number of likely N-dealkylation sites (tertiary alicyclic amines) is 1. The highest BCUT2D eigenvalue weighted by molar-refractivity contribution is 6.30. The number of amides is 2. The number of hydrogen-bond acceptors (Lipinski definition) is 3. The van der Waals surface area contributed by atoms with Crippen LogP contribution in [0.1, 0.15) is 37.0 Å². The molecule has 25 heavy (non-hydrogen) atoms. The number of nitrogens with one attached hydrogen (secondary N) is 1. The molecule has 1 saturated heterocycles. The maximum atomic E-state index is 12.6. The molecule has 7 heteroatoms. The van der Waals surface area contributed by atoms with Crippen LogP contribution in [0.5, 0.6) is 0 Å². The van der Waals surface area contributed by atoms with Crippen molar-refractivity contribution in [3.8, 4) is 0 Å². The summed E-state index contributed by atoms with van der Waals surface area (Å²) in [5.41, 5.74) is -0.485. The lowest BCUT2D eigenvalue weighted by Gasteiger charge is -2.32. The van der Waals surface area contributed by atoms with Crippen molar-refractivity contribution in [3.63, 3.8) is 0 Å². The first kappa shape index (κ1) is 19.2. The maximum absolute atomic E-state index is 12.6. The summed E-state index contributed by atoms with van der Waals surface area (Å²) in [4.78, 5) is 37.7. The largest absolute Gasteiger partial charge is 0.481 e. The molecular formula is C18H23ClN2O4. The SMILES string of the molecule is CC(C)(CNC(=O)C1CCCN(C(=O)c2ccc(Cl)cc2)C1)C(=O)O. The number of piperidine rings is 1. The van der Waals surface area contributed by atoms with Gasteiger partial charge in [-0.25, -0.2) is 0 Å². The molecule has 136 valence electrons. The van der Waals surface area contributed by atoms with E-state index in [0.717, 1.165) is 6.42 Å². The zero-order valence-corrected chi connectivity index (χ0v) is 15.2. The Bertz CT molecular complexity index is 658. The minimum absolute atomic E-state index is 0.0583. The van der Waals surface area contributed by atoms with Crippen molar-refractivity contribution in [3.05, 3.63) is 34.9 Å². The van der Waals surface area contributed by atoms with Gasteiger partial charge >= 0.3 is 5.97 Å². The minimum Gasteiger partial charge on any atom is -0.481 e. The van der Waals surface area contributed by atoms with E-state index < -0.39 is 11.4 Å². The van der Waals surface area contributed by atoms with Gasteiger partial charge in [0.05, 0.1) is 11.3 Å². The minimum atomic E-state index is -1.02. The summed E-state index contributed by atoms with van der Waals surface area (Å²) < 4.78 is 0. The average Bonchev–Trinajstić information content (AvgIpc) is 2.59. The molecule has 1 fully saturated rings. The quantitative estimate of drug-likeness (QED) is 0.837. The molecule has 2 amide bonds. The Hall–Kier alpha value is -2.08. The summed E-state index contributed by atoms with van der Waals surface area (Å²) in [6.45, 7) is 4.12. The first-order chi connectivity index (χ1) is 11.7. The molecule has 0 aliphatic carbocycles. The number of halogens is 1. The Balaban J connectivity index is 1.95. The molecule has 1 aliphatic heterocycles. The van der Waals surface area contributed by atoms with Crippen LogP contribution in [0.25, 0.3) is 0 Å². The lowest BCUT2D eigenvalue weighted by atomic mass is 9.92. The number of aliphatic carboxylic acids is 1. The number of carboxylic acid groups (broad SMARTS) is 1. The maximum Gasteiger partial charge on any atom is 0.310 e. The lowest BCUT2D eigenvalue weighted by Crippen LogP contribution is -2.47. The summed E-state index contributed by atoms with van der Waals surface area (Å²) in [6, 6.07) is 6.67. The third kappa shape index (κ3) is 4.95. The van der Waals surface area contributed by atoms with Crippen LogP contribution in [0.2, 0.25) is 5.02 Å². The van der Waals surface area contributed by atoms with Crippen LogP contribution in [0.15, 0.2) is 24.3 Å². The van der Waals surface area contributed by atoms with E-state index in [9.17, 15) is 14.4 Å². The number of hydrogen-bond donors (Lipinski definition) is 2. The van der Waals surface area contributed by atoms with Crippen molar-refractivity contribution in [2.24, 2.45) is 11.3 Å². The second-order valence-electron chi connectivity index (χ2n) is 7.00.